The summed E-state index contributed by atoms with van der Waals surface area (Å²) >= 11 is 0. The molecule has 2 rings (SSSR count). The van der Waals surface area contributed by atoms with Gasteiger partial charge in [0.2, 0.25) is 0 Å². The summed E-state index contributed by atoms with van der Waals surface area (Å²) in [5, 5.41) is 1.12. The van der Waals surface area contributed by atoms with Crippen molar-refractivity contribution in [3.8, 4) is 5.75 Å². The van der Waals surface area contributed by atoms with Crippen LogP contribution in [0.3, 0.4) is 0 Å². The van der Waals surface area contributed by atoms with Crippen molar-refractivity contribution in [3.05, 3.63) is 59.2 Å². The van der Waals surface area contributed by atoms with Crippen LogP contribution >= 0.6 is 0 Å². The van der Waals surface area contributed by atoms with Gasteiger partial charge in [-0.1, -0.05) is 30.9 Å². The van der Waals surface area contributed by atoms with Crippen LogP contribution in [-0.4, -0.2) is 32.9 Å². The third-order valence-electron chi connectivity index (χ3n) is 3.97. The van der Waals surface area contributed by atoms with E-state index in [9.17, 15) is 14.4 Å². The van der Waals surface area contributed by atoms with Gasteiger partial charge in [-0.05, 0) is 43.3 Å². The summed E-state index contributed by atoms with van der Waals surface area (Å²) in [6, 6.07) is 11.3. The van der Waals surface area contributed by atoms with Crippen molar-refractivity contribution in [2.24, 2.45) is 0 Å². The molecule has 0 heterocycles. The van der Waals surface area contributed by atoms with Gasteiger partial charge in [-0.3, -0.25) is 4.79 Å². The zero-order valence-electron chi connectivity index (χ0n) is 15.6. The number of carbonyl (C=O) groups is 3. The highest BCUT2D eigenvalue weighted by Crippen LogP contribution is 2.21. The Morgan fingerprint density at radius 1 is 0.846 bits per heavy atom. The molecule has 5 nitrogen and oxygen atoms in total. The Balaban J connectivity index is 2.28. The Kier molecular flexibility index (Phi) is 5.77. The molecule has 0 N–H and O–H groups in total. The highest BCUT2D eigenvalue weighted by Gasteiger charge is 2.21. The molecule has 0 amide bonds. The molecule has 0 spiro atoms. The molecule has 0 aliphatic carbocycles. The maximum atomic E-state index is 12.4. The molecule has 0 aliphatic heterocycles. The van der Waals surface area contributed by atoms with Crippen LogP contribution in [-0.2, 0) is 4.74 Å². The van der Waals surface area contributed by atoms with Gasteiger partial charge in [-0.25, -0.2) is 9.59 Å². The Bertz CT molecular complexity index is 847. The van der Waals surface area contributed by atoms with Gasteiger partial charge in [0.05, 0.1) is 31.9 Å². The second-order valence-corrected chi connectivity index (χ2v) is 12.1. The van der Waals surface area contributed by atoms with E-state index in [-0.39, 0.29) is 17.1 Å². The van der Waals surface area contributed by atoms with Gasteiger partial charge < -0.3 is 9.47 Å². The molecule has 2 aromatic carbocycles. The Morgan fingerprint density at radius 2 is 1.38 bits per heavy atom. The van der Waals surface area contributed by atoms with Gasteiger partial charge in [0.1, 0.15) is 5.75 Å². The number of esters is 2. The Hall–Kier alpha value is -2.73. The van der Waals surface area contributed by atoms with Crippen LogP contribution < -0.4 is 9.92 Å². The average molecular weight is 370 g/mol. The molecular formula is C20H22O5Si. The third-order valence-corrected chi connectivity index (χ3v) is 6.01. The molecule has 0 atom stereocenters. The predicted octanol–water partition coefficient (Wildman–Crippen LogP) is 3.44. The predicted molar refractivity (Wildman–Crippen MR) is 102 cm³/mol. The van der Waals surface area contributed by atoms with Crippen molar-refractivity contribution >= 4 is 31.0 Å². The fourth-order valence-electron chi connectivity index (χ4n) is 2.38. The first-order valence-corrected chi connectivity index (χ1v) is 11.7. The second-order valence-electron chi connectivity index (χ2n) is 6.98. The van der Waals surface area contributed by atoms with Gasteiger partial charge in [0.15, 0.2) is 5.78 Å². The van der Waals surface area contributed by atoms with E-state index in [1.54, 1.807) is 6.07 Å². The molecule has 0 saturated heterocycles. The van der Waals surface area contributed by atoms with E-state index in [4.69, 9.17) is 4.74 Å². The zero-order valence-corrected chi connectivity index (χ0v) is 16.6. The highest BCUT2D eigenvalue weighted by atomic mass is 28.3. The van der Waals surface area contributed by atoms with Crippen molar-refractivity contribution < 1.29 is 23.9 Å². The topological polar surface area (TPSA) is 69.7 Å². The van der Waals surface area contributed by atoms with Gasteiger partial charge in [-0.15, -0.1) is 0 Å². The average Bonchev–Trinajstić information content (AvgIpc) is 2.60. The van der Waals surface area contributed by atoms with Crippen LogP contribution in [0.5, 0.6) is 5.75 Å². The number of ketones is 1. The van der Waals surface area contributed by atoms with Crippen LogP contribution in [0.15, 0.2) is 42.5 Å². The molecule has 0 saturated carbocycles. The van der Waals surface area contributed by atoms with Crippen molar-refractivity contribution in [2.75, 3.05) is 7.11 Å². The SMILES string of the molecule is COC(=O)c1ccc(C(=O)Oc2ccc([Si](C)(C)C)cc2C(C)=O)cc1. The summed E-state index contributed by atoms with van der Waals surface area (Å²) in [6.45, 7) is 7.99. The molecule has 0 aromatic heterocycles. The van der Waals surface area contributed by atoms with Gasteiger partial charge in [0.25, 0.3) is 0 Å². The van der Waals surface area contributed by atoms with Crippen LogP contribution in [0.25, 0.3) is 0 Å². The van der Waals surface area contributed by atoms with Gasteiger partial charge in [-0.2, -0.15) is 0 Å². The molecule has 136 valence electrons. The molecule has 0 bridgehead atoms. The smallest absolute Gasteiger partial charge is 0.343 e. The number of methoxy groups -OCH3 is 1. The first-order valence-electron chi connectivity index (χ1n) is 8.19. The van der Waals surface area contributed by atoms with E-state index in [1.807, 2.05) is 12.1 Å². The van der Waals surface area contributed by atoms with E-state index in [0.29, 0.717) is 11.1 Å². The minimum absolute atomic E-state index is 0.158. The second kappa shape index (κ2) is 7.66. The summed E-state index contributed by atoms with van der Waals surface area (Å²) in [6.07, 6.45) is 0. The normalized spacial score (nSPS) is 11.0. The fraction of sp³-hybridized carbons (Fsp3) is 0.250. The molecule has 0 unspecified atom stereocenters. The fourth-order valence-corrected chi connectivity index (χ4v) is 3.54. The number of ether oxygens (including phenoxy) is 2. The lowest BCUT2D eigenvalue weighted by Crippen LogP contribution is -2.37. The maximum absolute atomic E-state index is 12.4. The van der Waals surface area contributed by atoms with Crippen molar-refractivity contribution in [1.29, 1.82) is 0 Å². The summed E-state index contributed by atoms with van der Waals surface area (Å²) < 4.78 is 10.1. The van der Waals surface area contributed by atoms with Crippen LogP contribution in [0, 0.1) is 0 Å². The van der Waals surface area contributed by atoms with Gasteiger partial charge >= 0.3 is 11.9 Å². The molecular weight excluding hydrogens is 348 g/mol. The minimum atomic E-state index is -1.59. The molecule has 0 fully saturated rings. The lowest BCUT2D eigenvalue weighted by molar-refractivity contribution is 0.0599. The lowest BCUT2D eigenvalue weighted by atomic mass is 10.1. The molecule has 26 heavy (non-hydrogen) atoms. The van der Waals surface area contributed by atoms with Crippen molar-refractivity contribution in [2.45, 2.75) is 26.6 Å². The summed E-state index contributed by atoms with van der Waals surface area (Å²) in [4.78, 5) is 35.8. The highest BCUT2D eigenvalue weighted by molar-refractivity contribution is 6.88. The van der Waals surface area contributed by atoms with E-state index >= 15 is 0 Å². The van der Waals surface area contributed by atoms with E-state index in [2.05, 4.69) is 24.4 Å². The minimum Gasteiger partial charge on any atom is -0.465 e. The number of hydrogen-bond donors (Lipinski definition) is 0. The number of benzene rings is 2. The molecule has 0 aliphatic rings. The number of carbonyl (C=O) groups excluding carboxylic acids is 3. The Morgan fingerprint density at radius 3 is 1.85 bits per heavy atom. The first kappa shape index (κ1) is 19.6. The zero-order chi connectivity index (χ0) is 19.5. The third kappa shape index (κ3) is 4.46. The number of Topliss-reactive ketones (excluding diaryl/α,β-unsaturated/α-hetero) is 1. The van der Waals surface area contributed by atoms with E-state index in [1.165, 1.54) is 38.3 Å². The molecule has 6 heteroatoms. The molecule has 2 aromatic rings. The van der Waals surface area contributed by atoms with E-state index in [0.717, 1.165) is 5.19 Å². The van der Waals surface area contributed by atoms with E-state index < -0.39 is 20.0 Å². The quantitative estimate of drug-likeness (QED) is 0.349. The first-order chi connectivity index (χ1) is 12.1. The number of hydrogen-bond acceptors (Lipinski definition) is 5. The van der Waals surface area contributed by atoms with Crippen LogP contribution in [0.1, 0.15) is 38.0 Å². The van der Waals surface area contributed by atoms with Crippen LogP contribution in [0.2, 0.25) is 19.6 Å². The lowest BCUT2D eigenvalue weighted by Gasteiger charge is -2.18. The maximum Gasteiger partial charge on any atom is 0.343 e. The van der Waals surface area contributed by atoms with Crippen LogP contribution in [0.4, 0.5) is 0 Å². The number of rotatable bonds is 5. The summed E-state index contributed by atoms with van der Waals surface area (Å²) in [5.41, 5.74) is 1.01. The standard InChI is InChI=1S/C20H22O5Si/c1-13(21)17-12-16(26(3,4)5)10-11-18(17)25-20(23)15-8-6-14(7-9-15)19(22)24-2/h6-12H,1-5H3. The molecule has 0 radical (unpaired) electrons. The van der Waals surface area contributed by atoms with Crippen molar-refractivity contribution in [1.82, 2.24) is 0 Å². The van der Waals surface area contributed by atoms with Crippen molar-refractivity contribution in [3.63, 3.8) is 0 Å². The monoisotopic (exact) mass is 370 g/mol. The Labute approximate surface area is 154 Å². The van der Waals surface area contributed by atoms with Gasteiger partial charge in [0, 0.05) is 0 Å². The summed E-state index contributed by atoms with van der Waals surface area (Å²) in [5.74, 6) is -0.995. The largest absolute Gasteiger partial charge is 0.465 e. The summed E-state index contributed by atoms with van der Waals surface area (Å²) in [7, 11) is -0.305.